The Morgan fingerprint density at radius 2 is 1.52 bits per heavy atom. The highest BCUT2D eigenvalue weighted by Gasteiger charge is 2.33. The maximum absolute atomic E-state index is 13.3. The molecule has 6 nitrogen and oxygen atoms in total. The lowest BCUT2D eigenvalue weighted by molar-refractivity contribution is 0.589. The molecule has 0 fully saturated rings. The molecule has 1 aromatic heterocycles. The standard InChI is InChI=1S/C23H17FN4O2S/c24-17-10-12-18(13-11-17)31(29,30)21(14-25)22-23(26-15-16-6-2-1-3-7-16)28-20-9-5-4-8-19(20)27-22/h1-13,21H,15H2,(H,26,28). The lowest BCUT2D eigenvalue weighted by atomic mass is 10.2. The fourth-order valence-electron chi connectivity index (χ4n) is 3.15. The van der Waals surface area contributed by atoms with Crippen molar-refractivity contribution < 1.29 is 12.8 Å². The Balaban J connectivity index is 1.81. The van der Waals surface area contributed by atoms with Gasteiger partial charge in [-0.05, 0) is 42.0 Å². The number of rotatable bonds is 6. The van der Waals surface area contributed by atoms with Gasteiger partial charge in [0, 0.05) is 6.54 Å². The number of nitriles is 1. The van der Waals surface area contributed by atoms with E-state index < -0.39 is 20.9 Å². The van der Waals surface area contributed by atoms with Crippen LogP contribution in [-0.2, 0) is 16.4 Å². The van der Waals surface area contributed by atoms with Crippen molar-refractivity contribution in [1.82, 2.24) is 9.97 Å². The van der Waals surface area contributed by atoms with E-state index in [0.717, 1.165) is 29.8 Å². The minimum atomic E-state index is -4.17. The molecule has 31 heavy (non-hydrogen) atoms. The third kappa shape index (κ3) is 4.22. The number of para-hydroxylation sites is 2. The van der Waals surface area contributed by atoms with Gasteiger partial charge < -0.3 is 5.32 Å². The quantitative estimate of drug-likeness (QED) is 0.453. The first-order valence-electron chi connectivity index (χ1n) is 9.42. The van der Waals surface area contributed by atoms with E-state index in [-0.39, 0.29) is 16.4 Å². The highest BCUT2D eigenvalue weighted by molar-refractivity contribution is 7.92. The molecule has 4 rings (SSSR count). The minimum absolute atomic E-state index is 0.00135. The van der Waals surface area contributed by atoms with Crippen molar-refractivity contribution in [2.24, 2.45) is 0 Å². The van der Waals surface area contributed by atoms with Crippen molar-refractivity contribution in [3.05, 3.63) is 95.9 Å². The van der Waals surface area contributed by atoms with Crippen LogP contribution in [0, 0.1) is 17.1 Å². The van der Waals surface area contributed by atoms with E-state index in [1.54, 1.807) is 24.3 Å². The van der Waals surface area contributed by atoms with Gasteiger partial charge in [-0.3, -0.25) is 0 Å². The van der Waals surface area contributed by atoms with Crippen LogP contribution >= 0.6 is 0 Å². The molecule has 1 unspecified atom stereocenters. The van der Waals surface area contributed by atoms with Crippen molar-refractivity contribution in [2.45, 2.75) is 16.7 Å². The lowest BCUT2D eigenvalue weighted by Crippen LogP contribution is -2.17. The molecule has 0 aliphatic rings. The first-order valence-corrected chi connectivity index (χ1v) is 11.0. The number of anilines is 1. The first-order chi connectivity index (χ1) is 15.0. The van der Waals surface area contributed by atoms with Crippen LogP contribution in [-0.4, -0.2) is 18.4 Å². The van der Waals surface area contributed by atoms with Crippen LogP contribution in [0.1, 0.15) is 16.5 Å². The molecule has 0 amide bonds. The predicted octanol–water partition coefficient (Wildman–Crippen LogP) is 4.42. The van der Waals surface area contributed by atoms with Crippen molar-refractivity contribution in [3.63, 3.8) is 0 Å². The van der Waals surface area contributed by atoms with Gasteiger partial charge in [0.15, 0.2) is 11.1 Å². The number of halogens is 1. The summed E-state index contributed by atoms with van der Waals surface area (Å²) in [5.74, 6) is -0.358. The van der Waals surface area contributed by atoms with Gasteiger partial charge in [-0.15, -0.1) is 0 Å². The Morgan fingerprint density at radius 1 is 0.903 bits per heavy atom. The fraction of sp³-hybridized carbons (Fsp3) is 0.0870. The van der Waals surface area contributed by atoms with Crippen LogP contribution in [0.25, 0.3) is 11.0 Å². The molecule has 154 valence electrons. The second-order valence-corrected chi connectivity index (χ2v) is 8.83. The van der Waals surface area contributed by atoms with Crippen molar-refractivity contribution in [3.8, 4) is 6.07 Å². The zero-order chi connectivity index (χ0) is 21.8. The number of fused-ring (bicyclic) bond motifs is 1. The number of nitrogens with zero attached hydrogens (tertiary/aromatic N) is 3. The van der Waals surface area contributed by atoms with E-state index in [0.29, 0.717) is 17.6 Å². The van der Waals surface area contributed by atoms with Crippen LogP contribution in [0.2, 0.25) is 0 Å². The molecule has 8 heteroatoms. The summed E-state index contributed by atoms with van der Waals surface area (Å²) in [4.78, 5) is 8.84. The summed E-state index contributed by atoms with van der Waals surface area (Å²) in [5.41, 5.74) is 2.00. The van der Waals surface area contributed by atoms with E-state index >= 15 is 0 Å². The smallest absolute Gasteiger partial charge is 0.200 e. The van der Waals surface area contributed by atoms with Gasteiger partial charge in [0.1, 0.15) is 11.5 Å². The highest BCUT2D eigenvalue weighted by Crippen LogP contribution is 2.32. The van der Waals surface area contributed by atoms with Gasteiger partial charge in [0.05, 0.1) is 22.0 Å². The second kappa shape index (κ2) is 8.50. The fourth-order valence-corrected chi connectivity index (χ4v) is 4.53. The van der Waals surface area contributed by atoms with Crippen molar-refractivity contribution in [2.75, 3.05) is 5.32 Å². The van der Waals surface area contributed by atoms with Gasteiger partial charge in [-0.25, -0.2) is 22.8 Å². The first kappa shape index (κ1) is 20.4. The summed E-state index contributed by atoms with van der Waals surface area (Å²) in [6.07, 6.45) is 0. The van der Waals surface area contributed by atoms with Crippen LogP contribution in [0.3, 0.4) is 0 Å². The molecular weight excluding hydrogens is 415 g/mol. The molecule has 1 heterocycles. The largest absolute Gasteiger partial charge is 0.364 e. The molecule has 0 spiro atoms. The molecule has 0 saturated heterocycles. The number of nitrogens with one attached hydrogen (secondary N) is 1. The van der Waals surface area contributed by atoms with E-state index in [4.69, 9.17) is 0 Å². The second-order valence-electron chi connectivity index (χ2n) is 6.79. The number of hydrogen-bond donors (Lipinski definition) is 1. The number of hydrogen-bond acceptors (Lipinski definition) is 6. The number of benzene rings is 3. The SMILES string of the molecule is N#CC(c1nc2ccccc2nc1NCc1ccccc1)S(=O)(=O)c1ccc(F)cc1. The van der Waals surface area contributed by atoms with Crippen molar-refractivity contribution in [1.29, 1.82) is 5.26 Å². The molecular formula is C23H17FN4O2S. The van der Waals surface area contributed by atoms with Gasteiger partial charge in [-0.1, -0.05) is 42.5 Å². The Bertz CT molecular complexity index is 1370. The van der Waals surface area contributed by atoms with Crippen LogP contribution < -0.4 is 5.32 Å². The molecule has 1 atom stereocenters. The van der Waals surface area contributed by atoms with Crippen LogP contribution in [0.15, 0.2) is 83.8 Å². The molecule has 1 N–H and O–H groups in total. The molecule has 3 aromatic carbocycles. The van der Waals surface area contributed by atoms with E-state index in [2.05, 4.69) is 15.3 Å². The Hall–Kier alpha value is -3.83. The summed E-state index contributed by atoms with van der Waals surface area (Å²) in [6.45, 7) is 0.371. The van der Waals surface area contributed by atoms with Crippen LogP contribution in [0.4, 0.5) is 10.2 Å². The molecule has 0 aliphatic carbocycles. The topological polar surface area (TPSA) is 95.7 Å². The summed E-state index contributed by atoms with van der Waals surface area (Å²) in [6, 6.07) is 22.7. The maximum atomic E-state index is 13.3. The predicted molar refractivity (Wildman–Crippen MR) is 115 cm³/mol. The van der Waals surface area contributed by atoms with Gasteiger partial charge in [-0.2, -0.15) is 5.26 Å². The zero-order valence-electron chi connectivity index (χ0n) is 16.2. The lowest BCUT2D eigenvalue weighted by Gasteiger charge is -2.16. The van der Waals surface area contributed by atoms with E-state index in [1.807, 2.05) is 36.4 Å². The molecule has 0 saturated carbocycles. The third-order valence-corrected chi connectivity index (χ3v) is 6.60. The third-order valence-electron chi connectivity index (χ3n) is 4.72. The van der Waals surface area contributed by atoms with Crippen molar-refractivity contribution >= 4 is 26.7 Å². The summed E-state index contributed by atoms with van der Waals surface area (Å²) in [7, 11) is -4.17. The molecule has 0 bridgehead atoms. The molecule has 0 aliphatic heterocycles. The van der Waals surface area contributed by atoms with Crippen LogP contribution in [0.5, 0.6) is 0 Å². The number of sulfone groups is 1. The highest BCUT2D eigenvalue weighted by atomic mass is 32.2. The van der Waals surface area contributed by atoms with Gasteiger partial charge >= 0.3 is 0 Å². The number of aromatic nitrogens is 2. The molecule has 0 radical (unpaired) electrons. The average Bonchev–Trinajstić information content (AvgIpc) is 2.79. The summed E-state index contributed by atoms with van der Waals surface area (Å²) < 4.78 is 39.7. The van der Waals surface area contributed by atoms with Gasteiger partial charge in [0.25, 0.3) is 0 Å². The minimum Gasteiger partial charge on any atom is -0.364 e. The summed E-state index contributed by atoms with van der Waals surface area (Å²) >= 11 is 0. The zero-order valence-corrected chi connectivity index (χ0v) is 17.1. The Morgan fingerprint density at radius 3 is 2.16 bits per heavy atom. The molecule has 4 aromatic rings. The maximum Gasteiger partial charge on any atom is 0.200 e. The summed E-state index contributed by atoms with van der Waals surface area (Å²) in [5, 5.41) is 11.3. The normalized spacial score (nSPS) is 12.3. The van der Waals surface area contributed by atoms with E-state index in [1.165, 1.54) is 0 Å². The van der Waals surface area contributed by atoms with E-state index in [9.17, 15) is 18.1 Å². The monoisotopic (exact) mass is 432 g/mol. The Labute approximate surface area is 178 Å². The Kier molecular flexibility index (Phi) is 5.60. The van der Waals surface area contributed by atoms with Gasteiger partial charge in [0.2, 0.25) is 9.84 Å². The average molecular weight is 432 g/mol.